The first-order valence-corrected chi connectivity index (χ1v) is 13.1. The monoisotopic (exact) mass is 453 g/mol. The van der Waals surface area contributed by atoms with E-state index in [1.165, 1.54) is 12.1 Å². The van der Waals surface area contributed by atoms with Crippen LogP contribution in [0.25, 0.3) is 21.7 Å². The van der Waals surface area contributed by atoms with Gasteiger partial charge in [-0.3, -0.25) is 9.35 Å². The van der Waals surface area contributed by atoms with Gasteiger partial charge in [-0.05, 0) is 60.5 Å². The van der Waals surface area contributed by atoms with Crippen molar-refractivity contribution in [3.63, 3.8) is 0 Å². The molecular weight excluding hydrogens is 429 g/mol. The van der Waals surface area contributed by atoms with Crippen LogP contribution in [-0.4, -0.2) is 19.9 Å². The molecule has 2 heterocycles. The van der Waals surface area contributed by atoms with Gasteiger partial charge in [0.2, 0.25) is 0 Å². The van der Waals surface area contributed by atoms with E-state index in [2.05, 4.69) is 4.98 Å². The minimum absolute atomic E-state index is 0.241. The lowest BCUT2D eigenvalue weighted by Crippen LogP contribution is -2.46. The number of rotatable bonds is 6. The molecule has 0 amide bonds. The number of nitrogens with zero attached hydrogens (tertiary/aromatic N) is 2. The molecule has 0 unspecified atom stereocenters. The van der Waals surface area contributed by atoms with Gasteiger partial charge in [0.05, 0.1) is 15.6 Å². The zero-order chi connectivity index (χ0) is 22.1. The van der Waals surface area contributed by atoms with Gasteiger partial charge in [-0.15, -0.1) is 11.3 Å². The summed E-state index contributed by atoms with van der Waals surface area (Å²) in [6.07, 6.45) is 2.43. The van der Waals surface area contributed by atoms with Gasteiger partial charge >= 0.3 is 0 Å². The molecule has 0 bridgehead atoms. The molecular formula is C24H24FN3OS2. The number of aryl methyl sites for hydroxylation is 1. The van der Waals surface area contributed by atoms with Crippen molar-refractivity contribution in [2.75, 3.05) is 5.75 Å². The highest BCUT2D eigenvalue weighted by atomic mass is 32.3. The zero-order valence-corrected chi connectivity index (χ0v) is 19.0. The summed E-state index contributed by atoms with van der Waals surface area (Å²) in [7, 11) is -3.87. The maximum absolute atomic E-state index is 14.3. The van der Waals surface area contributed by atoms with Crippen LogP contribution in [-0.2, 0) is 15.7 Å². The molecule has 0 atom stereocenters. The van der Waals surface area contributed by atoms with Gasteiger partial charge in [-0.1, -0.05) is 32.0 Å². The molecule has 0 aliphatic heterocycles. The van der Waals surface area contributed by atoms with E-state index in [4.69, 9.17) is 10.1 Å². The van der Waals surface area contributed by atoms with Gasteiger partial charge in [0, 0.05) is 31.7 Å². The minimum atomic E-state index is -3.87. The van der Waals surface area contributed by atoms with Gasteiger partial charge in [0.25, 0.3) is 0 Å². The van der Waals surface area contributed by atoms with Gasteiger partial charge < -0.3 is 0 Å². The summed E-state index contributed by atoms with van der Waals surface area (Å²) < 4.78 is 27.7. The molecule has 0 aliphatic carbocycles. The van der Waals surface area contributed by atoms with E-state index < -0.39 is 9.25 Å². The van der Waals surface area contributed by atoms with Crippen LogP contribution in [0.4, 0.5) is 4.39 Å². The number of pyridine rings is 1. The van der Waals surface area contributed by atoms with Crippen LogP contribution >= 0.6 is 11.3 Å². The third-order valence-electron chi connectivity index (χ3n) is 5.38. The van der Waals surface area contributed by atoms with Crippen molar-refractivity contribution in [3.8, 4) is 21.7 Å². The molecule has 4 rings (SSSR count). The molecule has 0 radical (unpaired) electrons. The Kier molecular flexibility index (Phi) is 5.60. The van der Waals surface area contributed by atoms with E-state index in [1.54, 1.807) is 41.8 Å². The van der Waals surface area contributed by atoms with Crippen LogP contribution in [0.1, 0.15) is 18.9 Å². The molecule has 2 aromatic carbocycles. The first kappa shape index (κ1) is 21.5. The summed E-state index contributed by atoms with van der Waals surface area (Å²) in [6.45, 7) is 3.87. The summed E-state index contributed by atoms with van der Waals surface area (Å²) in [5.74, 6) is -0.0510. The fraction of sp³-hybridized carbons (Fsp3) is 0.167. The number of thiazole rings is 1. The molecule has 0 saturated carbocycles. The van der Waals surface area contributed by atoms with Crippen molar-refractivity contribution in [1.82, 2.24) is 9.97 Å². The predicted molar refractivity (Wildman–Crippen MR) is 126 cm³/mol. The number of hydrogen-bond donors (Lipinski definition) is 1. The highest BCUT2D eigenvalue weighted by Gasteiger charge is 2.36. The zero-order valence-electron chi connectivity index (χ0n) is 17.4. The topological polar surface area (TPSA) is 68.9 Å². The Balaban J connectivity index is 1.89. The molecule has 0 fully saturated rings. The molecule has 4 aromatic rings. The van der Waals surface area contributed by atoms with Gasteiger partial charge in [-0.2, -0.15) is 0 Å². The average Bonchev–Trinajstić information content (AvgIpc) is 3.25. The number of halogens is 1. The normalized spacial score (nSPS) is 13.0. The molecule has 2 aromatic heterocycles. The van der Waals surface area contributed by atoms with Crippen LogP contribution < -0.4 is 5.14 Å². The van der Waals surface area contributed by atoms with E-state index in [9.17, 15) is 8.60 Å². The van der Waals surface area contributed by atoms with Crippen molar-refractivity contribution in [3.05, 3.63) is 83.8 Å². The first-order chi connectivity index (χ1) is 14.8. The van der Waals surface area contributed by atoms with Gasteiger partial charge in [0.1, 0.15) is 10.8 Å². The van der Waals surface area contributed by atoms with Crippen molar-refractivity contribution in [2.24, 2.45) is 5.14 Å². The number of benzene rings is 2. The SMILES string of the molecule is CCc1nc(-c2ccc(F)cc2)c(-c2ccnc(S(N)(=O)(CC)c3ccccc3)c2)s1. The van der Waals surface area contributed by atoms with Crippen molar-refractivity contribution >= 4 is 20.6 Å². The smallest absolute Gasteiger partial charge is 0.123 e. The van der Waals surface area contributed by atoms with Crippen LogP contribution in [0.3, 0.4) is 0 Å². The number of nitrogens with two attached hydrogens (primary N) is 1. The number of aromatic nitrogens is 2. The second kappa shape index (κ2) is 8.07. The Labute approximate surface area is 185 Å². The maximum atomic E-state index is 14.3. The fourth-order valence-corrected chi connectivity index (χ4v) is 6.79. The van der Waals surface area contributed by atoms with Gasteiger partial charge in [-0.25, -0.2) is 14.4 Å². The quantitative estimate of drug-likeness (QED) is 0.407. The average molecular weight is 454 g/mol. The van der Waals surface area contributed by atoms with E-state index >= 15 is 0 Å². The summed E-state index contributed by atoms with van der Waals surface area (Å²) in [6, 6.07) is 19.1. The Morgan fingerprint density at radius 3 is 2.35 bits per heavy atom. The molecule has 2 N–H and O–H groups in total. The fourth-order valence-electron chi connectivity index (χ4n) is 3.46. The molecule has 31 heavy (non-hydrogen) atoms. The summed E-state index contributed by atoms with van der Waals surface area (Å²) in [5.41, 5.74) is 2.45. The Morgan fingerprint density at radius 1 is 1.00 bits per heavy atom. The van der Waals surface area contributed by atoms with E-state index in [-0.39, 0.29) is 11.6 Å². The molecule has 160 valence electrons. The highest BCUT2D eigenvalue weighted by molar-refractivity contribution is 8.18. The minimum Gasteiger partial charge on any atom is -0.263 e. The third-order valence-corrected chi connectivity index (χ3v) is 10.2. The lowest BCUT2D eigenvalue weighted by atomic mass is 10.1. The van der Waals surface area contributed by atoms with Crippen LogP contribution in [0.5, 0.6) is 0 Å². The molecule has 0 spiro atoms. The Morgan fingerprint density at radius 2 is 1.71 bits per heavy atom. The molecule has 4 nitrogen and oxygen atoms in total. The highest BCUT2D eigenvalue weighted by Crippen LogP contribution is 2.41. The standard InChI is InChI=1S/C24H24FN3OS2/c1-3-21-28-23(17-10-12-19(25)13-11-17)24(30-21)18-14-15-27-22(16-18)31(26,29,4-2)20-8-6-5-7-9-20/h5-16H,3-4H2,1-2H3,(H2,26,29). The lowest BCUT2D eigenvalue weighted by Gasteiger charge is -2.37. The van der Waals surface area contributed by atoms with E-state index in [0.29, 0.717) is 9.92 Å². The van der Waals surface area contributed by atoms with Crippen molar-refractivity contribution in [1.29, 1.82) is 0 Å². The predicted octanol–water partition coefficient (Wildman–Crippen LogP) is 5.71. The Bertz CT molecular complexity index is 1290. The van der Waals surface area contributed by atoms with Crippen LogP contribution in [0.15, 0.2) is 82.8 Å². The van der Waals surface area contributed by atoms with Crippen LogP contribution in [0.2, 0.25) is 0 Å². The Hall–Kier alpha value is -2.74. The molecule has 0 saturated heterocycles. The number of hydrogen-bond acceptors (Lipinski definition) is 4. The first-order valence-electron chi connectivity index (χ1n) is 10.1. The summed E-state index contributed by atoms with van der Waals surface area (Å²) >= 11 is 1.57. The second-order valence-corrected chi connectivity index (χ2v) is 12.2. The summed E-state index contributed by atoms with van der Waals surface area (Å²) in [4.78, 5) is 10.7. The lowest BCUT2D eigenvalue weighted by molar-refractivity contribution is 0.628. The van der Waals surface area contributed by atoms with Crippen LogP contribution in [0, 0.1) is 5.82 Å². The van der Waals surface area contributed by atoms with E-state index in [0.717, 1.165) is 33.1 Å². The third kappa shape index (κ3) is 3.84. The van der Waals surface area contributed by atoms with Gasteiger partial charge in [0.15, 0.2) is 0 Å². The maximum Gasteiger partial charge on any atom is 0.123 e. The molecule has 0 aliphatic rings. The molecule has 7 heteroatoms. The van der Waals surface area contributed by atoms with E-state index in [1.807, 2.05) is 44.2 Å². The second-order valence-electron chi connectivity index (χ2n) is 7.30. The van der Waals surface area contributed by atoms with Crippen molar-refractivity contribution < 1.29 is 8.60 Å². The largest absolute Gasteiger partial charge is 0.263 e. The van der Waals surface area contributed by atoms with Crippen molar-refractivity contribution in [2.45, 2.75) is 30.2 Å². The summed E-state index contributed by atoms with van der Waals surface area (Å²) in [5, 5.41) is 7.99.